The highest BCUT2D eigenvalue weighted by Crippen LogP contribution is 2.51. The number of hydrogen-bond acceptors (Lipinski definition) is 4. The van der Waals surface area contributed by atoms with Gasteiger partial charge in [0.05, 0.1) is 0 Å². The van der Waals surface area contributed by atoms with Gasteiger partial charge in [-0.15, -0.1) is 5.10 Å². The van der Waals surface area contributed by atoms with E-state index >= 15 is 0 Å². The Morgan fingerprint density at radius 1 is 1.28 bits per heavy atom. The van der Waals surface area contributed by atoms with Crippen LogP contribution in [-0.2, 0) is 0 Å². The van der Waals surface area contributed by atoms with E-state index in [1.807, 2.05) is 29.3 Å². The van der Waals surface area contributed by atoms with Gasteiger partial charge in [-0.05, 0) is 48.6 Å². The van der Waals surface area contributed by atoms with Gasteiger partial charge in [-0.25, -0.2) is 8.78 Å². The molecule has 5 nitrogen and oxygen atoms in total. The molecule has 0 amide bonds. The fraction of sp³-hybridized carbons (Fsp3) is 0.455. The Morgan fingerprint density at radius 3 is 2.62 bits per heavy atom. The van der Waals surface area contributed by atoms with Crippen LogP contribution in [0.5, 0.6) is 5.75 Å². The number of phenols is 1. The topological polar surface area (TPSA) is 51.4 Å². The number of halogens is 2. The molecular formula is C22H26F2N4O. The second-order valence-corrected chi connectivity index (χ2v) is 7.98. The summed E-state index contributed by atoms with van der Waals surface area (Å²) in [6, 6.07) is 7.53. The fourth-order valence-corrected chi connectivity index (χ4v) is 4.17. The van der Waals surface area contributed by atoms with Crippen LogP contribution in [0.15, 0.2) is 58.5 Å². The third-order valence-electron chi connectivity index (χ3n) is 6.03. The number of amidine groups is 1. The average molecular weight is 400 g/mol. The summed E-state index contributed by atoms with van der Waals surface area (Å²) in [7, 11) is 0. The molecule has 1 saturated carbocycles. The molecule has 0 spiro atoms. The zero-order valence-electron chi connectivity index (χ0n) is 16.3. The summed E-state index contributed by atoms with van der Waals surface area (Å²) in [4.78, 5) is 4.22. The van der Waals surface area contributed by atoms with Crippen molar-refractivity contribution in [3.8, 4) is 5.75 Å². The van der Waals surface area contributed by atoms with Gasteiger partial charge >= 0.3 is 0 Å². The summed E-state index contributed by atoms with van der Waals surface area (Å²) < 4.78 is 26.6. The van der Waals surface area contributed by atoms with Gasteiger partial charge in [0.1, 0.15) is 11.6 Å². The Balaban J connectivity index is 1.33. The Morgan fingerprint density at radius 2 is 2.03 bits per heavy atom. The lowest BCUT2D eigenvalue weighted by molar-refractivity contribution is 0.0998. The van der Waals surface area contributed by atoms with E-state index in [-0.39, 0.29) is 12.8 Å². The number of nitrogens with zero attached hydrogens (tertiary/aromatic N) is 4. The molecule has 7 heteroatoms. The molecule has 1 unspecified atom stereocenters. The molecule has 1 aliphatic carbocycles. The molecular weight excluding hydrogens is 374 g/mol. The van der Waals surface area contributed by atoms with E-state index in [0.717, 1.165) is 31.6 Å². The van der Waals surface area contributed by atoms with Gasteiger partial charge < -0.3 is 14.9 Å². The molecule has 0 radical (unpaired) electrons. The first kappa shape index (κ1) is 19.6. The molecule has 2 heterocycles. The molecule has 1 aromatic rings. The quantitative estimate of drug-likeness (QED) is 0.454. The maximum Gasteiger partial charge on any atom is 0.252 e. The maximum absolute atomic E-state index is 13.3. The number of aromatic hydroxyl groups is 1. The molecule has 0 aromatic heterocycles. The predicted octanol–water partition coefficient (Wildman–Crippen LogP) is 4.34. The number of phenolic OH excluding ortho intramolecular Hbond substituents is 1. The van der Waals surface area contributed by atoms with Crippen LogP contribution in [0.25, 0.3) is 0 Å². The molecule has 1 atom stereocenters. The zero-order chi connectivity index (χ0) is 20.4. The molecule has 2 fully saturated rings. The summed E-state index contributed by atoms with van der Waals surface area (Å²) in [5.74, 6) is -1.89. The van der Waals surface area contributed by atoms with E-state index in [2.05, 4.69) is 34.0 Å². The summed E-state index contributed by atoms with van der Waals surface area (Å²) in [5.41, 5.74) is 2.34. The van der Waals surface area contributed by atoms with Gasteiger partial charge in [-0.2, -0.15) is 5.10 Å². The first-order chi connectivity index (χ1) is 14.0. The lowest BCUT2D eigenvalue weighted by atomic mass is 9.89. The van der Waals surface area contributed by atoms with E-state index in [1.54, 1.807) is 6.07 Å². The van der Waals surface area contributed by atoms with Crippen molar-refractivity contribution in [2.24, 2.45) is 16.1 Å². The van der Waals surface area contributed by atoms with Crippen LogP contribution in [0.4, 0.5) is 8.78 Å². The first-order valence-electron chi connectivity index (χ1n) is 10.1. The predicted molar refractivity (Wildman–Crippen MR) is 110 cm³/mol. The minimum absolute atomic E-state index is 0.0735. The lowest BCUT2D eigenvalue weighted by Crippen LogP contribution is -2.35. The van der Waals surface area contributed by atoms with Crippen molar-refractivity contribution in [3.63, 3.8) is 0 Å². The summed E-state index contributed by atoms with van der Waals surface area (Å²) in [6.45, 7) is 5.85. The second kappa shape index (κ2) is 7.97. The number of rotatable bonds is 5. The van der Waals surface area contributed by atoms with Crippen molar-refractivity contribution in [2.45, 2.75) is 37.5 Å². The Hall–Kier alpha value is -2.70. The Labute approximate surface area is 169 Å². The standard InChI is InChI=1S/C22H26F2N4O/c1-25-26-21(14-18-15-22(18,23)24)28-11-7-19(8-12-28)27-9-5-16(6-10-27)17-3-2-4-20(29)13-17/h2-4,7-8,11,13,16,18,29H,1,5-6,9-10,12,14-15H2/b26-21-. The van der Waals surface area contributed by atoms with Crippen LogP contribution in [0.1, 0.15) is 37.2 Å². The number of hydrogen-bond donors (Lipinski definition) is 1. The summed E-state index contributed by atoms with van der Waals surface area (Å²) in [6.07, 6.45) is 8.23. The highest BCUT2D eigenvalue weighted by atomic mass is 19.3. The molecule has 1 saturated heterocycles. The van der Waals surface area contributed by atoms with E-state index < -0.39 is 11.8 Å². The fourth-order valence-electron chi connectivity index (χ4n) is 4.17. The van der Waals surface area contributed by atoms with Crippen molar-refractivity contribution in [3.05, 3.63) is 53.9 Å². The monoisotopic (exact) mass is 400 g/mol. The minimum atomic E-state index is -2.57. The van der Waals surface area contributed by atoms with Crippen molar-refractivity contribution >= 4 is 12.6 Å². The zero-order valence-corrected chi connectivity index (χ0v) is 16.3. The van der Waals surface area contributed by atoms with Gasteiger partial charge in [-0.1, -0.05) is 12.1 Å². The van der Waals surface area contributed by atoms with Gasteiger partial charge in [-0.3, -0.25) is 0 Å². The molecule has 29 heavy (non-hydrogen) atoms. The van der Waals surface area contributed by atoms with Crippen LogP contribution in [0.2, 0.25) is 0 Å². The molecule has 0 bridgehead atoms. The first-order valence-corrected chi connectivity index (χ1v) is 10.1. The third-order valence-corrected chi connectivity index (χ3v) is 6.03. The molecule has 3 aliphatic rings. The van der Waals surface area contributed by atoms with Crippen molar-refractivity contribution in [1.82, 2.24) is 9.80 Å². The average Bonchev–Trinajstić information content (AvgIpc) is 3.34. The van der Waals surface area contributed by atoms with E-state index in [9.17, 15) is 13.9 Å². The number of benzene rings is 1. The van der Waals surface area contributed by atoms with E-state index in [4.69, 9.17) is 0 Å². The Bertz CT molecular complexity index is 856. The highest BCUT2D eigenvalue weighted by Gasteiger charge is 2.57. The van der Waals surface area contributed by atoms with Gasteiger partial charge in [0, 0.05) is 57.0 Å². The van der Waals surface area contributed by atoms with Crippen LogP contribution in [0.3, 0.4) is 0 Å². The van der Waals surface area contributed by atoms with Crippen LogP contribution >= 0.6 is 0 Å². The van der Waals surface area contributed by atoms with Crippen LogP contribution < -0.4 is 0 Å². The Kier molecular flexibility index (Phi) is 5.39. The van der Waals surface area contributed by atoms with E-state index in [0.29, 0.717) is 24.0 Å². The largest absolute Gasteiger partial charge is 0.508 e. The van der Waals surface area contributed by atoms with Crippen molar-refractivity contribution < 1.29 is 13.9 Å². The smallest absolute Gasteiger partial charge is 0.252 e. The number of likely N-dealkylation sites (tertiary alicyclic amines) is 1. The van der Waals surface area contributed by atoms with Crippen LogP contribution in [0, 0.1) is 5.92 Å². The molecule has 2 aliphatic heterocycles. The SMILES string of the molecule is C=N/N=C(/CC1CC1(F)F)N1C=CC(N2CCC(c3cccc(O)c3)CC2)=CC1. The molecule has 154 valence electrons. The van der Waals surface area contributed by atoms with Crippen LogP contribution in [-0.4, -0.2) is 53.0 Å². The minimum Gasteiger partial charge on any atom is -0.508 e. The number of piperidine rings is 1. The lowest BCUT2D eigenvalue weighted by Gasteiger charge is -2.36. The van der Waals surface area contributed by atoms with E-state index in [1.165, 1.54) is 5.56 Å². The summed E-state index contributed by atoms with van der Waals surface area (Å²) in [5, 5.41) is 17.3. The van der Waals surface area contributed by atoms with Crippen molar-refractivity contribution in [1.29, 1.82) is 0 Å². The van der Waals surface area contributed by atoms with Gasteiger partial charge in [0.2, 0.25) is 0 Å². The molecule has 1 aromatic carbocycles. The van der Waals surface area contributed by atoms with Gasteiger partial charge in [0.25, 0.3) is 5.92 Å². The molecule has 1 N–H and O–H groups in total. The molecule has 4 rings (SSSR count). The second-order valence-electron chi connectivity index (χ2n) is 7.98. The van der Waals surface area contributed by atoms with Gasteiger partial charge in [0.15, 0.2) is 0 Å². The highest BCUT2D eigenvalue weighted by molar-refractivity contribution is 5.84. The maximum atomic E-state index is 13.3. The number of allylic oxidation sites excluding steroid dienone is 1. The summed E-state index contributed by atoms with van der Waals surface area (Å²) >= 11 is 0. The number of alkyl halides is 2. The normalized spacial score (nSPS) is 24.4. The van der Waals surface area contributed by atoms with Crippen molar-refractivity contribution in [2.75, 3.05) is 19.6 Å². The third kappa shape index (κ3) is 4.49.